The summed E-state index contributed by atoms with van der Waals surface area (Å²) in [5.74, 6) is 0.822. The summed E-state index contributed by atoms with van der Waals surface area (Å²) in [5, 5.41) is 11.8. The van der Waals surface area contributed by atoms with E-state index >= 15 is 0 Å². The lowest BCUT2D eigenvalue weighted by atomic mass is 10.2. The van der Waals surface area contributed by atoms with Crippen molar-refractivity contribution in [3.63, 3.8) is 0 Å². The Kier molecular flexibility index (Phi) is 17.2. The number of benzene rings is 2. The third-order valence-corrected chi connectivity index (χ3v) is 5.82. The number of nitrogens with one attached hydrogen (secondary N) is 1. The van der Waals surface area contributed by atoms with Gasteiger partial charge in [0.2, 0.25) is 0 Å². The number of hydrogen-bond acceptors (Lipinski definition) is 8. The molecule has 208 valence electrons. The van der Waals surface area contributed by atoms with Crippen molar-refractivity contribution >= 4 is 67.5 Å². The number of likely N-dealkylation sites (N-methyl/N-ethyl adjacent to an activating group) is 2. The molecule has 4 rings (SSSR count). The first-order valence-corrected chi connectivity index (χ1v) is 12.1. The third-order valence-electron chi connectivity index (χ3n) is 5.10. The van der Waals surface area contributed by atoms with Gasteiger partial charge in [-0.1, -0.05) is 12.1 Å². The lowest BCUT2D eigenvalue weighted by Crippen LogP contribution is -2.24. The Labute approximate surface area is 245 Å². The summed E-state index contributed by atoms with van der Waals surface area (Å²) >= 11 is 2.23. The minimum atomic E-state index is -0.273. The molecule has 0 aliphatic carbocycles. The second kappa shape index (κ2) is 18.2. The number of carbonyl (C=O) groups is 2. The van der Waals surface area contributed by atoms with Crippen molar-refractivity contribution in [2.45, 2.75) is 18.8 Å². The number of halogens is 1. The van der Waals surface area contributed by atoms with E-state index in [1.807, 2.05) is 48.5 Å². The van der Waals surface area contributed by atoms with Crippen molar-refractivity contribution in [3.05, 3.63) is 57.7 Å². The lowest BCUT2D eigenvalue weighted by molar-refractivity contribution is 0.137. The fraction of sp³-hybridized carbons (Fsp3) is 0.417. The smallest absolute Gasteiger partial charge is 0.410 e. The number of ether oxygens (including phenoxy) is 3. The molecule has 2 atom stereocenters. The van der Waals surface area contributed by atoms with Crippen LogP contribution in [0.1, 0.15) is 5.56 Å². The van der Waals surface area contributed by atoms with Gasteiger partial charge in [-0.2, -0.15) is 27.0 Å². The summed E-state index contributed by atoms with van der Waals surface area (Å²) in [5.41, 5.74) is 7.21. The number of nitrogens with two attached hydrogens (primary N) is 1. The number of amides is 2. The number of aliphatic hydroxyl groups is 1. The van der Waals surface area contributed by atoms with Crippen LogP contribution >= 0.6 is 49.6 Å². The van der Waals surface area contributed by atoms with Crippen LogP contribution in [0.4, 0.5) is 15.3 Å². The number of methoxy groups -OCH3 is 1. The van der Waals surface area contributed by atoms with Gasteiger partial charge in [-0.05, 0) is 64.6 Å². The first-order valence-electron chi connectivity index (χ1n) is 11.0. The van der Waals surface area contributed by atoms with E-state index in [-0.39, 0.29) is 58.0 Å². The van der Waals surface area contributed by atoms with Crippen LogP contribution in [-0.4, -0.2) is 86.7 Å². The van der Waals surface area contributed by atoms with Gasteiger partial charge in [0.15, 0.2) is 0 Å². The average molecular weight is 669 g/mol. The number of aliphatic hydroxyl groups excluding tert-OH is 1. The molecular formula is C24H37IN4O6S2. The molecule has 4 N–H and O–H groups in total. The number of cyclic esters (lactones) is 2. The average Bonchev–Trinajstić information content (AvgIpc) is 3.38. The number of hydrogen-bond donors (Lipinski definition) is 3. The summed E-state index contributed by atoms with van der Waals surface area (Å²) in [7, 11) is 5.06. The lowest BCUT2D eigenvalue weighted by Gasteiger charge is -2.11. The van der Waals surface area contributed by atoms with Crippen LogP contribution in [-0.2, 0) is 16.1 Å². The molecule has 0 bridgehead atoms. The number of nitrogens with zero attached hydrogens (tertiary/aromatic N) is 2. The van der Waals surface area contributed by atoms with Crippen molar-refractivity contribution in [2.75, 3.05) is 52.7 Å². The molecule has 0 aromatic heterocycles. The molecule has 2 aromatic carbocycles. The second-order valence-corrected chi connectivity index (χ2v) is 9.15. The summed E-state index contributed by atoms with van der Waals surface area (Å²) in [6, 6.07) is 15.4. The SMILES string of the molecule is CN1C[C@H](CN)OC1=O.COc1ccc(NC[C@H]2CN(C)C(=O)O2)cc1.OCc1ccc(I)cc1.S.S. The Balaban J connectivity index is 0.000000555. The third kappa shape index (κ3) is 12.3. The molecule has 2 aliphatic rings. The standard InChI is InChI=1S/C12H16N2O3.C7H7IO.C5H10N2O2.2H2S/c1-14-8-11(17-12(14)15)7-13-9-3-5-10(16-2)6-4-9;8-7-3-1-6(5-9)2-4-7;1-7-3-4(2-6)9-5(7)8;;/h3-6,11,13H,7-8H2,1-2H3;1-4,9H,5H2;4H,2-3,6H2,1H3;2*1H2/t11-;;4-;;/m0.0../s1. The molecule has 13 heteroatoms. The highest BCUT2D eigenvalue weighted by Crippen LogP contribution is 2.16. The predicted molar refractivity (Wildman–Crippen MR) is 162 cm³/mol. The molecule has 2 fully saturated rings. The van der Waals surface area contributed by atoms with Gasteiger partial charge in [-0.15, -0.1) is 0 Å². The molecule has 2 aromatic rings. The Bertz CT molecular complexity index is 940. The second-order valence-electron chi connectivity index (χ2n) is 7.90. The molecule has 0 unspecified atom stereocenters. The maximum atomic E-state index is 11.1. The van der Waals surface area contributed by atoms with Gasteiger partial charge in [0.05, 0.1) is 33.4 Å². The molecular weight excluding hydrogens is 631 g/mol. The predicted octanol–water partition coefficient (Wildman–Crippen LogP) is 2.96. The molecule has 10 nitrogen and oxygen atoms in total. The zero-order valence-electron chi connectivity index (χ0n) is 21.1. The van der Waals surface area contributed by atoms with E-state index in [1.54, 1.807) is 26.1 Å². The molecule has 2 heterocycles. The number of anilines is 1. The fourth-order valence-electron chi connectivity index (χ4n) is 3.06. The van der Waals surface area contributed by atoms with E-state index in [0.717, 1.165) is 17.0 Å². The molecule has 37 heavy (non-hydrogen) atoms. The molecule has 2 aliphatic heterocycles. The van der Waals surface area contributed by atoms with E-state index in [9.17, 15) is 9.59 Å². The molecule has 2 amide bonds. The highest BCUT2D eigenvalue weighted by Gasteiger charge is 2.28. The topological polar surface area (TPSA) is 127 Å². The first kappa shape index (κ1) is 34.9. The number of carbonyl (C=O) groups excluding carboxylic acids is 2. The number of rotatable bonds is 6. The Hall–Kier alpha value is -2.07. The quantitative estimate of drug-likeness (QED) is 0.402. The van der Waals surface area contributed by atoms with Crippen LogP contribution in [0.5, 0.6) is 5.75 Å². The maximum absolute atomic E-state index is 11.1. The van der Waals surface area contributed by atoms with Gasteiger partial charge in [-0.3, -0.25) is 0 Å². The highest BCUT2D eigenvalue weighted by atomic mass is 127. The summed E-state index contributed by atoms with van der Waals surface area (Å²) in [6.07, 6.45) is -0.714. The van der Waals surface area contributed by atoms with Crippen LogP contribution in [0.15, 0.2) is 48.5 Å². The highest BCUT2D eigenvalue weighted by molar-refractivity contribution is 14.1. The van der Waals surface area contributed by atoms with Crippen LogP contribution in [0, 0.1) is 3.57 Å². The maximum Gasteiger partial charge on any atom is 0.410 e. The normalized spacial score (nSPS) is 17.6. The zero-order chi connectivity index (χ0) is 25.8. The molecule has 2 saturated heterocycles. The van der Waals surface area contributed by atoms with E-state index in [4.69, 9.17) is 25.1 Å². The summed E-state index contributed by atoms with van der Waals surface area (Å²) in [6.45, 7) is 2.41. The van der Waals surface area contributed by atoms with Crippen molar-refractivity contribution in [2.24, 2.45) is 5.73 Å². The molecule has 0 saturated carbocycles. The van der Waals surface area contributed by atoms with Gasteiger partial charge < -0.3 is 40.2 Å². The van der Waals surface area contributed by atoms with Crippen molar-refractivity contribution in [3.8, 4) is 5.75 Å². The van der Waals surface area contributed by atoms with Crippen molar-refractivity contribution in [1.82, 2.24) is 9.80 Å². The monoisotopic (exact) mass is 668 g/mol. The van der Waals surface area contributed by atoms with Gasteiger partial charge in [0.25, 0.3) is 0 Å². The fourth-order valence-corrected chi connectivity index (χ4v) is 3.42. The van der Waals surface area contributed by atoms with Crippen LogP contribution in [0.2, 0.25) is 0 Å². The van der Waals surface area contributed by atoms with Crippen LogP contribution in [0.3, 0.4) is 0 Å². The molecule has 0 spiro atoms. The van der Waals surface area contributed by atoms with Crippen LogP contribution in [0.25, 0.3) is 0 Å². The summed E-state index contributed by atoms with van der Waals surface area (Å²) < 4.78 is 16.2. The molecule has 0 radical (unpaired) electrons. The van der Waals surface area contributed by atoms with E-state index in [0.29, 0.717) is 26.2 Å². The van der Waals surface area contributed by atoms with Gasteiger partial charge in [-0.25, -0.2) is 9.59 Å². The van der Waals surface area contributed by atoms with Crippen molar-refractivity contribution in [1.29, 1.82) is 0 Å². The Morgan fingerprint density at radius 1 is 0.973 bits per heavy atom. The van der Waals surface area contributed by atoms with Crippen molar-refractivity contribution < 1.29 is 28.9 Å². The van der Waals surface area contributed by atoms with Gasteiger partial charge >= 0.3 is 12.2 Å². The van der Waals surface area contributed by atoms with E-state index in [1.165, 1.54) is 8.47 Å². The Morgan fingerprint density at radius 2 is 1.49 bits per heavy atom. The van der Waals surface area contributed by atoms with E-state index < -0.39 is 0 Å². The first-order chi connectivity index (χ1) is 16.7. The van der Waals surface area contributed by atoms with E-state index in [2.05, 4.69) is 27.9 Å². The Morgan fingerprint density at radius 3 is 1.86 bits per heavy atom. The largest absolute Gasteiger partial charge is 0.497 e. The zero-order valence-corrected chi connectivity index (χ0v) is 25.3. The van der Waals surface area contributed by atoms with Gasteiger partial charge in [0, 0.05) is 29.9 Å². The van der Waals surface area contributed by atoms with Crippen LogP contribution < -0.4 is 15.8 Å². The van der Waals surface area contributed by atoms with Gasteiger partial charge in [0.1, 0.15) is 18.0 Å². The minimum absolute atomic E-state index is 0. The minimum Gasteiger partial charge on any atom is -0.497 e. The summed E-state index contributed by atoms with van der Waals surface area (Å²) in [4.78, 5) is 24.8.